The van der Waals surface area contributed by atoms with E-state index in [-0.39, 0.29) is 12.7 Å². The molecule has 0 saturated heterocycles. The van der Waals surface area contributed by atoms with Gasteiger partial charge in [-0.2, -0.15) is 0 Å². The topological polar surface area (TPSA) is 51.1 Å². The Morgan fingerprint density at radius 1 is 1.31 bits per heavy atom. The molecule has 1 N–H and O–H groups in total. The molecule has 16 heavy (non-hydrogen) atoms. The van der Waals surface area contributed by atoms with E-state index in [9.17, 15) is 0 Å². The van der Waals surface area contributed by atoms with Gasteiger partial charge in [0.15, 0.2) is 6.79 Å². The Balaban J connectivity index is 2.53. The molecule has 0 heterocycles. The fourth-order valence-corrected chi connectivity index (χ4v) is 1.21. The summed E-state index contributed by atoms with van der Waals surface area (Å²) in [5.74, 6) is 0.184. The summed E-state index contributed by atoms with van der Waals surface area (Å²) >= 11 is 0. The highest BCUT2D eigenvalue weighted by Gasteiger charge is 2.20. The van der Waals surface area contributed by atoms with Crippen LogP contribution in [0.3, 0.4) is 0 Å². The number of oxime groups is 1. The molecule has 0 aliphatic rings. The summed E-state index contributed by atoms with van der Waals surface area (Å²) < 4.78 is 10.6. The molecule has 0 fully saturated rings. The molecule has 4 nitrogen and oxygen atoms in total. The Morgan fingerprint density at radius 3 is 2.50 bits per heavy atom. The molecule has 0 amide bonds. The Morgan fingerprint density at radius 2 is 1.94 bits per heavy atom. The Bertz CT molecular complexity index is 347. The average molecular weight is 223 g/mol. The quantitative estimate of drug-likeness (QED) is 0.281. The van der Waals surface area contributed by atoms with Crippen LogP contribution >= 0.6 is 0 Å². The third-order valence-corrected chi connectivity index (χ3v) is 2.30. The zero-order valence-corrected chi connectivity index (χ0v) is 9.80. The molecular formula is C12H17NO3. The monoisotopic (exact) mass is 223 g/mol. The van der Waals surface area contributed by atoms with Gasteiger partial charge in [-0.3, -0.25) is 0 Å². The largest absolute Gasteiger partial charge is 0.452 e. The van der Waals surface area contributed by atoms with E-state index in [1.54, 1.807) is 6.92 Å². The van der Waals surface area contributed by atoms with Crippen molar-refractivity contribution in [1.82, 2.24) is 0 Å². The van der Waals surface area contributed by atoms with Crippen LogP contribution in [-0.2, 0) is 15.1 Å². The molecule has 1 aromatic rings. The highest BCUT2D eigenvalue weighted by molar-refractivity contribution is 5.72. The molecule has 0 aliphatic carbocycles. The third kappa shape index (κ3) is 3.55. The fourth-order valence-electron chi connectivity index (χ4n) is 1.21. The minimum Gasteiger partial charge on any atom is -0.452 e. The standard InChI is InChI=1S/C12H17NO3/c1-10(13-14)15-9-16-12(2,3)11-7-5-4-6-8-11/h4-8,14H,9H2,1-3H3. The van der Waals surface area contributed by atoms with Crippen molar-refractivity contribution in [3.63, 3.8) is 0 Å². The number of ether oxygens (including phenoxy) is 2. The van der Waals surface area contributed by atoms with Crippen molar-refractivity contribution in [2.75, 3.05) is 6.79 Å². The molecule has 0 unspecified atom stereocenters. The van der Waals surface area contributed by atoms with Crippen molar-refractivity contribution in [3.05, 3.63) is 35.9 Å². The minimum absolute atomic E-state index is 0.0534. The maximum Gasteiger partial charge on any atom is 0.224 e. The van der Waals surface area contributed by atoms with Crippen LogP contribution in [0.2, 0.25) is 0 Å². The van der Waals surface area contributed by atoms with Gasteiger partial charge in [0.1, 0.15) is 0 Å². The van der Waals surface area contributed by atoms with Gasteiger partial charge in [0.2, 0.25) is 5.90 Å². The van der Waals surface area contributed by atoms with Crippen LogP contribution in [0.4, 0.5) is 0 Å². The van der Waals surface area contributed by atoms with E-state index >= 15 is 0 Å². The zero-order chi connectivity index (χ0) is 12.0. The van der Waals surface area contributed by atoms with Gasteiger partial charge in [-0.15, -0.1) is 0 Å². The van der Waals surface area contributed by atoms with Crippen LogP contribution in [0.25, 0.3) is 0 Å². The number of hydrogen-bond donors (Lipinski definition) is 1. The molecule has 88 valence electrons. The summed E-state index contributed by atoms with van der Waals surface area (Å²) in [5, 5.41) is 11.3. The summed E-state index contributed by atoms with van der Waals surface area (Å²) in [7, 11) is 0. The Labute approximate surface area is 95.5 Å². The molecule has 0 saturated carbocycles. The molecule has 1 rings (SSSR count). The lowest BCUT2D eigenvalue weighted by molar-refractivity contribution is -0.0967. The van der Waals surface area contributed by atoms with E-state index in [4.69, 9.17) is 14.7 Å². The van der Waals surface area contributed by atoms with Crippen molar-refractivity contribution in [3.8, 4) is 0 Å². The zero-order valence-electron chi connectivity index (χ0n) is 9.80. The number of hydrogen-bond acceptors (Lipinski definition) is 4. The highest BCUT2D eigenvalue weighted by Crippen LogP contribution is 2.23. The van der Waals surface area contributed by atoms with Crippen LogP contribution in [0, 0.1) is 0 Å². The predicted octanol–water partition coefficient (Wildman–Crippen LogP) is 2.72. The molecule has 4 heteroatoms. The van der Waals surface area contributed by atoms with E-state index < -0.39 is 5.60 Å². The summed E-state index contributed by atoms with van der Waals surface area (Å²) in [4.78, 5) is 0. The highest BCUT2D eigenvalue weighted by atomic mass is 16.7. The molecule has 0 atom stereocenters. The summed E-state index contributed by atoms with van der Waals surface area (Å²) in [6.07, 6.45) is 0. The lowest BCUT2D eigenvalue weighted by Gasteiger charge is -2.25. The lowest BCUT2D eigenvalue weighted by atomic mass is 9.98. The van der Waals surface area contributed by atoms with Crippen molar-refractivity contribution in [1.29, 1.82) is 0 Å². The fraction of sp³-hybridized carbons (Fsp3) is 0.417. The lowest BCUT2D eigenvalue weighted by Crippen LogP contribution is -2.23. The van der Waals surface area contributed by atoms with Crippen LogP contribution in [-0.4, -0.2) is 17.9 Å². The average Bonchev–Trinajstić information content (AvgIpc) is 2.30. The van der Waals surface area contributed by atoms with Crippen molar-refractivity contribution in [2.24, 2.45) is 5.16 Å². The molecular weight excluding hydrogens is 206 g/mol. The Hall–Kier alpha value is -1.55. The molecule has 0 radical (unpaired) electrons. The van der Waals surface area contributed by atoms with Crippen LogP contribution in [0.5, 0.6) is 0 Å². The van der Waals surface area contributed by atoms with Gasteiger partial charge in [0.25, 0.3) is 0 Å². The van der Waals surface area contributed by atoms with Gasteiger partial charge < -0.3 is 14.7 Å². The third-order valence-electron chi connectivity index (χ3n) is 2.30. The van der Waals surface area contributed by atoms with Crippen molar-refractivity contribution in [2.45, 2.75) is 26.4 Å². The van der Waals surface area contributed by atoms with E-state index in [1.807, 2.05) is 44.2 Å². The molecule has 1 aromatic carbocycles. The first-order valence-corrected chi connectivity index (χ1v) is 5.07. The molecule has 0 aliphatic heterocycles. The van der Waals surface area contributed by atoms with Gasteiger partial charge in [0.05, 0.1) is 5.60 Å². The summed E-state index contributed by atoms with van der Waals surface area (Å²) in [6, 6.07) is 9.86. The van der Waals surface area contributed by atoms with E-state index in [2.05, 4.69) is 5.16 Å². The van der Waals surface area contributed by atoms with Crippen molar-refractivity contribution < 1.29 is 14.7 Å². The van der Waals surface area contributed by atoms with Crippen molar-refractivity contribution >= 4 is 5.90 Å². The van der Waals surface area contributed by atoms with Gasteiger partial charge in [0, 0.05) is 6.92 Å². The van der Waals surface area contributed by atoms with E-state index in [0.29, 0.717) is 0 Å². The minimum atomic E-state index is -0.434. The number of benzene rings is 1. The molecule has 0 aromatic heterocycles. The smallest absolute Gasteiger partial charge is 0.224 e. The van der Waals surface area contributed by atoms with Crippen LogP contribution < -0.4 is 0 Å². The van der Waals surface area contributed by atoms with E-state index in [0.717, 1.165) is 5.56 Å². The van der Waals surface area contributed by atoms with Gasteiger partial charge in [-0.1, -0.05) is 35.5 Å². The van der Waals surface area contributed by atoms with Crippen LogP contribution in [0.15, 0.2) is 35.5 Å². The first-order valence-electron chi connectivity index (χ1n) is 5.07. The molecule has 0 spiro atoms. The molecule has 0 bridgehead atoms. The summed E-state index contributed by atoms with van der Waals surface area (Å²) in [6.45, 7) is 5.52. The van der Waals surface area contributed by atoms with E-state index in [1.165, 1.54) is 0 Å². The van der Waals surface area contributed by atoms with Gasteiger partial charge in [-0.05, 0) is 19.4 Å². The SMILES string of the molecule is CC(=NO)OCOC(C)(C)c1ccccc1. The second kappa shape index (κ2) is 5.51. The predicted molar refractivity (Wildman–Crippen MR) is 61.4 cm³/mol. The van der Waals surface area contributed by atoms with Gasteiger partial charge in [-0.25, -0.2) is 0 Å². The van der Waals surface area contributed by atoms with Crippen LogP contribution in [0.1, 0.15) is 26.3 Å². The second-order valence-electron chi connectivity index (χ2n) is 3.90. The normalized spacial score (nSPS) is 12.6. The second-order valence-corrected chi connectivity index (χ2v) is 3.90. The summed E-state index contributed by atoms with van der Waals surface area (Å²) in [5.41, 5.74) is 0.633. The maximum absolute atomic E-state index is 8.39. The first kappa shape index (κ1) is 12.5. The first-order chi connectivity index (χ1) is 7.56. The Kier molecular flexibility index (Phi) is 4.31. The maximum atomic E-state index is 8.39. The number of rotatable bonds is 4. The number of nitrogens with zero attached hydrogens (tertiary/aromatic N) is 1. The van der Waals surface area contributed by atoms with Gasteiger partial charge >= 0.3 is 0 Å².